The zero-order valence-electron chi connectivity index (χ0n) is 14.6. The van der Waals surface area contributed by atoms with Gasteiger partial charge >= 0.3 is 0 Å². The van der Waals surface area contributed by atoms with E-state index in [1.54, 1.807) is 36.4 Å². The first-order chi connectivity index (χ1) is 13.5. The lowest BCUT2D eigenvalue weighted by Crippen LogP contribution is -1.87. The van der Waals surface area contributed by atoms with Crippen molar-refractivity contribution in [2.24, 2.45) is 10.2 Å². The Kier molecular flexibility index (Phi) is 4.29. The van der Waals surface area contributed by atoms with Crippen molar-refractivity contribution < 1.29 is 20.4 Å². The van der Waals surface area contributed by atoms with Crippen molar-refractivity contribution in [2.45, 2.75) is 0 Å². The first-order valence-electron chi connectivity index (χ1n) is 8.49. The monoisotopic (exact) mass is 372 g/mol. The fourth-order valence-corrected chi connectivity index (χ4v) is 3.11. The average molecular weight is 372 g/mol. The van der Waals surface area contributed by atoms with Gasteiger partial charge in [0.05, 0.1) is 12.4 Å². The van der Waals surface area contributed by atoms with E-state index in [0.29, 0.717) is 11.1 Å². The standard InChI is InChI=1S/C22H16N2O4/c25-15-3-5-17-13(9-15)1-7-21(27)19(17)11-23-24-12-20-18-6-4-16(26)10-14(18)2-8-22(20)28/h1-12,25-28H. The van der Waals surface area contributed by atoms with Crippen LogP contribution in [0.1, 0.15) is 11.1 Å². The van der Waals surface area contributed by atoms with Crippen molar-refractivity contribution in [1.29, 1.82) is 0 Å². The highest BCUT2D eigenvalue weighted by Gasteiger charge is 2.07. The van der Waals surface area contributed by atoms with Crippen molar-refractivity contribution in [3.63, 3.8) is 0 Å². The molecule has 0 aliphatic rings. The molecule has 6 heteroatoms. The molecule has 28 heavy (non-hydrogen) atoms. The van der Waals surface area contributed by atoms with Gasteiger partial charge in [-0.3, -0.25) is 0 Å². The number of aromatic hydroxyl groups is 4. The van der Waals surface area contributed by atoms with Crippen molar-refractivity contribution >= 4 is 34.0 Å². The molecule has 0 amide bonds. The van der Waals surface area contributed by atoms with Gasteiger partial charge in [-0.15, -0.1) is 0 Å². The third-order valence-electron chi connectivity index (χ3n) is 4.48. The Labute approximate surface area is 160 Å². The zero-order valence-corrected chi connectivity index (χ0v) is 14.6. The summed E-state index contributed by atoms with van der Waals surface area (Å²) in [5, 5.41) is 50.4. The second kappa shape index (κ2) is 6.92. The summed E-state index contributed by atoms with van der Waals surface area (Å²) in [5.74, 6) is 0.356. The Hall–Kier alpha value is -4.06. The van der Waals surface area contributed by atoms with Gasteiger partial charge in [0.15, 0.2) is 0 Å². The molecule has 4 N–H and O–H groups in total. The molecule has 4 aromatic carbocycles. The predicted molar refractivity (Wildman–Crippen MR) is 110 cm³/mol. The van der Waals surface area contributed by atoms with Crippen molar-refractivity contribution in [2.75, 3.05) is 0 Å². The molecule has 0 fully saturated rings. The Morgan fingerprint density at radius 3 is 1.39 bits per heavy atom. The zero-order chi connectivity index (χ0) is 19.7. The van der Waals surface area contributed by atoms with Gasteiger partial charge < -0.3 is 20.4 Å². The average Bonchev–Trinajstić information content (AvgIpc) is 2.68. The summed E-state index contributed by atoms with van der Waals surface area (Å²) in [6.07, 6.45) is 2.83. The van der Waals surface area contributed by atoms with E-state index in [1.807, 2.05) is 0 Å². The van der Waals surface area contributed by atoms with Crippen molar-refractivity contribution in [1.82, 2.24) is 0 Å². The Morgan fingerprint density at radius 1 is 0.536 bits per heavy atom. The Balaban J connectivity index is 1.71. The van der Waals surface area contributed by atoms with Gasteiger partial charge in [-0.1, -0.05) is 12.1 Å². The van der Waals surface area contributed by atoms with E-state index in [1.165, 1.54) is 36.7 Å². The Morgan fingerprint density at radius 2 is 0.964 bits per heavy atom. The molecule has 0 spiro atoms. The number of phenols is 4. The summed E-state index contributed by atoms with van der Waals surface area (Å²) >= 11 is 0. The second-order valence-corrected chi connectivity index (χ2v) is 6.30. The lowest BCUT2D eigenvalue weighted by Gasteiger charge is -2.05. The molecule has 0 aliphatic carbocycles. The molecule has 0 saturated heterocycles. The minimum absolute atomic E-state index is 0.0422. The van der Waals surface area contributed by atoms with Crippen molar-refractivity contribution in [3.8, 4) is 23.0 Å². The first-order valence-corrected chi connectivity index (χ1v) is 8.49. The number of hydrogen-bond donors (Lipinski definition) is 4. The summed E-state index contributed by atoms with van der Waals surface area (Å²) < 4.78 is 0. The molecule has 0 saturated carbocycles. The van der Waals surface area contributed by atoms with Crippen LogP contribution in [0.2, 0.25) is 0 Å². The van der Waals surface area contributed by atoms with Crippen LogP contribution in [0.15, 0.2) is 70.9 Å². The van der Waals surface area contributed by atoms with Crippen LogP contribution >= 0.6 is 0 Å². The van der Waals surface area contributed by atoms with E-state index in [9.17, 15) is 20.4 Å². The first kappa shape index (κ1) is 17.4. The minimum Gasteiger partial charge on any atom is -0.508 e. The predicted octanol–water partition coefficient (Wildman–Crippen LogP) is 4.27. The van der Waals surface area contributed by atoms with E-state index < -0.39 is 0 Å². The summed E-state index contributed by atoms with van der Waals surface area (Å²) in [4.78, 5) is 0. The van der Waals surface area contributed by atoms with Gasteiger partial charge in [-0.2, -0.15) is 10.2 Å². The fraction of sp³-hybridized carbons (Fsp3) is 0. The van der Waals surface area contributed by atoms with Gasteiger partial charge in [0.25, 0.3) is 0 Å². The number of rotatable bonds is 3. The largest absolute Gasteiger partial charge is 0.508 e. The van der Waals surface area contributed by atoms with E-state index in [4.69, 9.17) is 0 Å². The molecule has 138 valence electrons. The van der Waals surface area contributed by atoms with Crippen LogP contribution in [0.4, 0.5) is 0 Å². The van der Waals surface area contributed by atoms with Crippen LogP contribution in [-0.4, -0.2) is 32.9 Å². The van der Waals surface area contributed by atoms with Crippen LogP contribution < -0.4 is 0 Å². The maximum atomic E-state index is 10.1. The summed E-state index contributed by atoms with van der Waals surface area (Å²) in [5.41, 5.74) is 0.948. The third-order valence-corrected chi connectivity index (χ3v) is 4.48. The number of nitrogens with zero attached hydrogens (tertiary/aromatic N) is 2. The number of benzene rings is 4. The summed E-state index contributed by atoms with van der Waals surface area (Å²) in [6, 6.07) is 16.1. The molecule has 0 heterocycles. The van der Waals surface area contributed by atoms with Gasteiger partial charge in [0.1, 0.15) is 23.0 Å². The van der Waals surface area contributed by atoms with E-state index in [-0.39, 0.29) is 23.0 Å². The number of hydrogen-bond acceptors (Lipinski definition) is 6. The summed E-state index contributed by atoms with van der Waals surface area (Å²) in [6.45, 7) is 0. The molecular weight excluding hydrogens is 356 g/mol. The molecule has 0 unspecified atom stereocenters. The molecule has 0 aromatic heterocycles. The summed E-state index contributed by atoms with van der Waals surface area (Å²) in [7, 11) is 0. The van der Waals surface area contributed by atoms with E-state index >= 15 is 0 Å². The van der Waals surface area contributed by atoms with Crippen LogP contribution in [-0.2, 0) is 0 Å². The lowest BCUT2D eigenvalue weighted by molar-refractivity contribution is 0.473. The fourth-order valence-electron chi connectivity index (χ4n) is 3.11. The smallest absolute Gasteiger partial charge is 0.125 e. The van der Waals surface area contributed by atoms with Crippen LogP contribution in [0.25, 0.3) is 21.5 Å². The van der Waals surface area contributed by atoms with Crippen LogP contribution in [0.3, 0.4) is 0 Å². The maximum Gasteiger partial charge on any atom is 0.125 e. The molecule has 0 atom stereocenters. The lowest BCUT2D eigenvalue weighted by atomic mass is 10.0. The number of fused-ring (bicyclic) bond motifs is 2. The van der Waals surface area contributed by atoms with Gasteiger partial charge in [0.2, 0.25) is 0 Å². The molecule has 4 aromatic rings. The van der Waals surface area contributed by atoms with Gasteiger partial charge in [-0.05, 0) is 70.1 Å². The second-order valence-electron chi connectivity index (χ2n) is 6.30. The molecule has 4 rings (SSSR count). The highest BCUT2D eigenvalue weighted by atomic mass is 16.3. The quantitative estimate of drug-likeness (QED) is 0.318. The van der Waals surface area contributed by atoms with E-state index in [0.717, 1.165) is 21.5 Å². The number of phenolic OH excluding ortho intramolecular Hbond substituents is 4. The van der Waals surface area contributed by atoms with Crippen LogP contribution in [0, 0.1) is 0 Å². The SMILES string of the molecule is Oc1ccc2c(C=NN=Cc3c(O)ccc4cc(O)ccc34)c(O)ccc2c1. The molecule has 0 aliphatic heterocycles. The molecular formula is C22H16N2O4. The minimum atomic E-state index is 0.0422. The third kappa shape index (κ3) is 3.19. The normalized spacial score (nSPS) is 11.9. The molecule has 0 radical (unpaired) electrons. The van der Waals surface area contributed by atoms with Crippen LogP contribution in [0.5, 0.6) is 23.0 Å². The van der Waals surface area contributed by atoms with Gasteiger partial charge in [0, 0.05) is 11.1 Å². The highest BCUT2D eigenvalue weighted by Crippen LogP contribution is 2.29. The van der Waals surface area contributed by atoms with E-state index in [2.05, 4.69) is 10.2 Å². The molecule has 6 nitrogen and oxygen atoms in total. The van der Waals surface area contributed by atoms with Gasteiger partial charge in [-0.25, -0.2) is 0 Å². The highest BCUT2D eigenvalue weighted by molar-refractivity contribution is 6.04. The maximum absolute atomic E-state index is 10.1. The topological polar surface area (TPSA) is 106 Å². The molecule has 0 bridgehead atoms. The Bertz CT molecular complexity index is 1160. The van der Waals surface area contributed by atoms with Crippen molar-refractivity contribution in [3.05, 3.63) is 71.8 Å².